The Morgan fingerprint density at radius 3 is 2.52 bits per heavy atom. The van der Waals surface area contributed by atoms with Crippen LogP contribution in [0.3, 0.4) is 0 Å². The van der Waals surface area contributed by atoms with Crippen molar-refractivity contribution >= 4 is 5.97 Å². The lowest BCUT2D eigenvalue weighted by Gasteiger charge is -2.13. The predicted molar refractivity (Wildman–Crippen MR) is 105 cm³/mol. The Labute approximate surface area is 168 Å². The lowest BCUT2D eigenvalue weighted by molar-refractivity contribution is -0.149. The number of hydrogen-bond donors (Lipinski definition) is 1. The van der Waals surface area contributed by atoms with E-state index in [0.717, 1.165) is 5.56 Å². The Morgan fingerprint density at radius 2 is 1.86 bits per heavy atom. The maximum atomic E-state index is 14.2. The van der Waals surface area contributed by atoms with Gasteiger partial charge in [0.2, 0.25) is 0 Å². The second-order valence-electron chi connectivity index (χ2n) is 6.30. The number of carboxylic acid groups (broad SMARTS) is 1. The minimum Gasteiger partial charge on any atom is -0.489 e. The van der Waals surface area contributed by atoms with Gasteiger partial charge in [0, 0.05) is 36.5 Å². The molecule has 0 aliphatic heterocycles. The molecule has 0 saturated carbocycles. The van der Waals surface area contributed by atoms with Crippen molar-refractivity contribution in [2.75, 3.05) is 6.61 Å². The van der Waals surface area contributed by atoms with Gasteiger partial charge in [-0.05, 0) is 48.9 Å². The van der Waals surface area contributed by atoms with Crippen LogP contribution in [0.25, 0.3) is 11.4 Å². The molecule has 0 amide bonds. The number of aromatic nitrogens is 2. The average molecular weight is 396 g/mol. The lowest BCUT2D eigenvalue weighted by atomic mass is 10.1. The van der Waals surface area contributed by atoms with E-state index in [1.807, 2.05) is 0 Å². The molecule has 1 aromatic heterocycles. The third-order valence-corrected chi connectivity index (χ3v) is 4.25. The van der Waals surface area contributed by atoms with Gasteiger partial charge in [0.15, 0.2) is 11.9 Å². The summed E-state index contributed by atoms with van der Waals surface area (Å²) < 4.78 is 25.1. The first kappa shape index (κ1) is 20.4. The van der Waals surface area contributed by atoms with Gasteiger partial charge in [0.25, 0.3) is 0 Å². The van der Waals surface area contributed by atoms with Gasteiger partial charge in [-0.1, -0.05) is 12.1 Å². The minimum absolute atomic E-state index is 0.0442. The number of carbonyl (C=O) groups is 1. The third-order valence-electron chi connectivity index (χ3n) is 4.25. The maximum Gasteiger partial charge on any atom is 0.333 e. The van der Waals surface area contributed by atoms with E-state index in [-0.39, 0.29) is 18.8 Å². The summed E-state index contributed by atoms with van der Waals surface area (Å²) in [5.41, 5.74) is 1.91. The number of nitrogens with zero attached hydrogens (tertiary/aromatic N) is 2. The van der Waals surface area contributed by atoms with Gasteiger partial charge < -0.3 is 14.6 Å². The molecule has 1 unspecified atom stereocenters. The quantitative estimate of drug-likeness (QED) is 0.591. The monoisotopic (exact) mass is 396 g/mol. The molecule has 0 spiro atoms. The third kappa shape index (κ3) is 5.58. The van der Waals surface area contributed by atoms with Crippen LogP contribution >= 0.6 is 0 Å². The SMILES string of the molecule is CCOC(Cc1ccc(OCc2cc(-c3ncccn3)ccc2F)cc1)C(=O)O. The Kier molecular flexibility index (Phi) is 6.86. The Balaban J connectivity index is 1.65. The second-order valence-corrected chi connectivity index (χ2v) is 6.30. The van der Waals surface area contributed by atoms with Crippen LogP contribution < -0.4 is 4.74 Å². The van der Waals surface area contributed by atoms with Crippen molar-refractivity contribution in [1.29, 1.82) is 0 Å². The highest BCUT2D eigenvalue weighted by Gasteiger charge is 2.17. The molecule has 1 N–H and O–H groups in total. The molecule has 1 heterocycles. The van der Waals surface area contributed by atoms with Gasteiger partial charge in [0.1, 0.15) is 18.2 Å². The molecule has 2 aromatic carbocycles. The molecule has 150 valence electrons. The van der Waals surface area contributed by atoms with E-state index in [0.29, 0.717) is 29.3 Å². The van der Waals surface area contributed by atoms with Gasteiger partial charge in [-0.15, -0.1) is 0 Å². The number of aliphatic carboxylic acids is 1. The molecule has 6 nitrogen and oxygen atoms in total. The van der Waals surface area contributed by atoms with Gasteiger partial charge in [-0.2, -0.15) is 0 Å². The fraction of sp³-hybridized carbons (Fsp3) is 0.227. The Bertz CT molecular complexity index is 949. The van der Waals surface area contributed by atoms with Gasteiger partial charge in [-0.25, -0.2) is 19.2 Å². The molecule has 0 aliphatic carbocycles. The van der Waals surface area contributed by atoms with E-state index in [4.69, 9.17) is 14.6 Å². The number of rotatable bonds is 9. The van der Waals surface area contributed by atoms with Crippen molar-refractivity contribution in [2.45, 2.75) is 26.1 Å². The Hall–Kier alpha value is -3.32. The molecule has 1 atom stereocenters. The van der Waals surface area contributed by atoms with E-state index < -0.39 is 12.1 Å². The molecule has 3 rings (SSSR count). The lowest BCUT2D eigenvalue weighted by Crippen LogP contribution is -2.26. The highest BCUT2D eigenvalue weighted by atomic mass is 19.1. The highest BCUT2D eigenvalue weighted by Crippen LogP contribution is 2.21. The summed E-state index contributed by atoms with van der Waals surface area (Å²) in [4.78, 5) is 19.5. The smallest absolute Gasteiger partial charge is 0.333 e. The molecule has 3 aromatic rings. The topological polar surface area (TPSA) is 81.5 Å². The predicted octanol–water partition coefficient (Wildman–Crippen LogP) is 3.89. The van der Waals surface area contributed by atoms with Crippen molar-refractivity contribution in [3.63, 3.8) is 0 Å². The highest BCUT2D eigenvalue weighted by molar-refractivity contribution is 5.72. The number of hydrogen-bond acceptors (Lipinski definition) is 5. The fourth-order valence-electron chi connectivity index (χ4n) is 2.79. The largest absolute Gasteiger partial charge is 0.489 e. The Morgan fingerprint density at radius 1 is 1.14 bits per heavy atom. The average Bonchev–Trinajstić information content (AvgIpc) is 2.74. The second kappa shape index (κ2) is 9.75. The van der Waals surface area contributed by atoms with Crippen LogP contribution in [-0.4, -0.2) is 33.8 Å². The van der Waals surface area contributed by atoms with Crippen LogP contribution in [0.4, 0.5) is 4.39 Å². The van der Waals surface area contributed by atoms with Crippen molar-refractivity contribution < 1.29 is 23.8 Å². The van der Waals surface area contributed by atoms with Crippen molar-refractivity contribution in [3.05, 3.63) is 77.9 Å². The first-order chi connectivity index (χ1) is 14.1. The van der Waals surface area contributed by atoms with Gasteiger partial charge in [-0.3, -0.25) is 0 Å². The molecule has 0 bridgehead atoms. The molecule has 0 saturated heterocycles. The van der Waals surface area contributed by atoms with Crippen molar-refractivity contribution in [3.8, 4) is 17.1 Å². The summed E-state index contributed by atoms with van der Waals surface area (Å²) in [7, 11) is 0. The number of carboxylic acids is 1. The van der Waals surface area contributed by atoms with Crippen LogP contribution in [0.5, 0.6) is 5.75 Å². The summed E-state index contributed by atoms with van der Waals surface area (Å²) in [6, 6.07) is 13.4. The zero-order valence-electron chi connectivity index (χ0n) is 15.9. The van der Waals surface area contributed by atoms with Crippen molar-refractivity contribution in [2.24, 2.45) is 0 Å². The summed E-state index contributed by atoms with van der Waals surface area (Å²) in [6.07, 6.45) is 2.63. The van der Waals surface area contributed by atoms with E-state index in [1.165, 1.54) is 6.07 Å². The molecular weight excluding hydrogens is 375 g/mol. The normalized spacial score (nSPS) is 11.8. The van der Waals surface area contributed by atoms with Crippen LogP contribution in [0.2, 0.25) is 0 Å². The molecule has 0 fully saturated rings. The van der Waals surface area contributed by atoms with Crippen LogP contribution in [-0.2, 0) is 22.6 Å². The van der Waals surface area contributed by atoms with E-state index in [1.54, 1.807) is 61.8 Å². The maximum absolute atomic E-state index is 14.2. The van der Waals surface area contributed by atoms with E-state index in [9.17, 15) is 9.18 Å². The molecule has 7 heteroatoms. The zero-order valence-corrected chi connectivity index (χ0v) is 15.9. The molecule has 0 radical (unpaired) electrons. The van der Waals surface area contributed by atoms with Gasteiger partial charge in [0.05, 0.1) is 0 Å². The zero-order chi connectivity index (χ0) is 20.6. The standard InChI is InChI=1S/C22H21FN2O4/c1-2-28-20(22(26)27)12-15-4-7-18(8-5-15)29-14-17-13-16(6-9-19(17)23)21-24-10-3-11-25-21/h3-11,13,20H,2,12,14H2,1H3,(H,26,27). The van der Waals surface area contributed by atoms with Crippen LogP contribution in [0, 0.1) is 5.82 Å². The fourth-order valence-corrected chi connectivity index (χ4v) is 2.79. The molecular formula is C22H21FN2O4. The summed E-state index contributed by atoms with van der Waals surface area (Å²) in [5.74, 6) is -0.301. The number of benzene rings is 2. The molecule has 29 heavy (non-hydrogen) atoms. The summed E-state index contributed by atoms with van der Waals surface area (Å²) in [5, 5.41) is 9.17. The minimum atomic E-state index is -0.995. The van der Waals surface area contributed by atoms with Crippen LogP contribution in [0.15, 0.2) is 60.9 Å². The molecule has 0 aliphatic rings. The first-order valence-electron chi connectivity index (χ1n) is 9.18. The summed E-state index contributed by atoms with van der Waals surface area (Å²) in [6.45, 7) is 2.13. The van der Waals surface area contributed by atoms with Crippen molar-refractivity contribution in [1.82, 2.24) is 9.97 Å². The van der Waals surface area contributed by atoms with Crippen LogP contribution in [0.1, 0.15) is 18.1 Å². The van der Waals surface area contributed by atoms with E-state index >= 15 is 0 Å². The number of halogens is 1. The van der Waals surface area contributed by atoms with Gasteiger partial charge >= 0.3 is 5.97 Å². The summed E-state index contributed by atoms with van der Waals surface area (Å²) >= 11 is 0. The first-order valence-corrected chi connectivity index (χ1v) is 9.18. The number of ether oxygens (including phenoxy) is 2. The van der Waals surface area contributed by atoms with E-state index in [2.05, 4.69) is 9.97 Å².